The second-order valence-corrected chi connectivity index (χ2v) is 7.09. The number of Topliss-reactive ketones (excluding diaryl/α,β-unsaturated/α-hetero) is 1. The zero-order chi connectivity index (χ0) is 18.0. The molecule has 1 N–H and O–H groups in total. The molecule has 0 saturated carbocycles. The van der Waals surface area contributed by atoms with Crippen LogP contribution in [0.4, 0.5) is 5.13 Å². The molecule has 0 fully saturated rings. The number of ether oxygens (including phenoxy) is 1. The number of ketones is 1. The molecule has 0 saturated heterocycles. The predicted octanol–water partition coefficient (Wildman–Crippen LogP) is 5.57. The second kappa shape index (κ2) is 8.64. The van der Waals surface area contributed by atoms with Gasteiger partial charge in [0.25, 0.3) is 0 Å². The smallest absolute Gasteiger partial charge is 0.184 e. The fourth-order valence-electron chi connectivity index (χ4n) is 2.67. The average Bonchev–Trinajstić information content (AvgIpc) is 3.02. The fourth-order valence-corrected chi connectivity index (χ4v) is 3.68. The minimum absolute atomic E-state index is 0. The number of fused-ring (bicyclic) bond motifs is 1. The Labute approximate surface area is 168 Å². The maximum atomic E-state index is 12.6. The quantitative estimate of drug-likeness (QED) is 0.514. The van der Waals surface area contributed by atoms with Crippen LogP contribution in [0.25, 0.3) is 10.2 Å². The highest BCUT2D eigenvalue weighted by Gasteiger charge is 2.17. The first kappa shape index (κ1) is 20.4. The van der Waals surface area contributed by atoms with Gasteiger partial charge in [0.1, 0.15) is 5.75 Å². The number of carbonyl (C=O) groups excluding carboxylic acids is 1. The van der Waals surface area contributed by atoms with Crippen molar-refractivity contribution < 1.29 is 9.53 Å². The third kappa shape index (κ3) is 4.24. The van der Waals surface area contributed by atoms with E-state index >= 15 is 0 Å². The Hall–Kier alpha value is -1.92. The van der Waals surface area contributed by atoms with Crippen LogP contribution >= 0.6 is 28.3 Å². The highest BCUT2D eigenvalue weighted by molar-refractivity contribution is 8.93. The van der Waals surface area contributed by atoms with E-state index in [0.29, 0.717) is 12.2 Å². The molecule has 0 radical (unpaired) electrons. The third-order valence-corrected chi connectivity index (χ3v) is 5.22. The molecule has 0 spiro atoms. The van der Waals surface area contributed by atoms with E-state index in [2.05, 4.69) is 36.3 Å². The van der Waals surface area contributed by atoms with Gasteiger partial charge in [-0.1, -0.05) is 17.4 Å². The van der Waals surface area contributed by atoms with Gasteiger partial charge in [-0.2, -0.15) is 0 Å². The Morgan fingerprint density at radius 1 is 1.19 bits per heavy atom. The van der Waals surface area contributed by atoms with Crippen LogP contribution in [-0.2, 0) is 0 Å². The molecule has 1 aromatic heterocycles. The zero-order valence-electron chi connectivity index (χ0n) is 15.3. The number of rotatable bonds is 6. The molecule has 0 amide bonds. The number of benzene rings is 2. The summed E-state index contributed by atoms with van der Waals surface area (Å²) in [4.78, 5) is 17.3. The first-order valence-electron chi connectivity index (χ1n) is 8.40. The summed E-state index contributed by atoms with van der Waals surface area (Å²) in [6, 6.07) is 11.1. The van der Waals surface area contributed by atoms with E-state index in [9.17, 15) is 4.79 Å². The van der Waals surface area contributed by atoms with Crippen molar-refractivity contribution in [1.29, 1.82) is 0 Å². The number of anilines is 1. The van der Waals surface area contributed by atoms with E-state index in [1.54, 1.807) is 23.5 Å². The summed E-state index contributed by atoms with van der Waals surface area (Å²) in [6.07, 6.45) is 0. The van der Waals surface area contributed by atoms with Crippen molar-refractivity contribution >= 4 is 49.4 Å². The predicted molar refractivity (Wildman–Crippen MR) is 114 cm³/mol. The topological polar surface area (TPSA) is 51.2 Å². The van der Waals surface area contributed by atoms with Crippen LogP contribution in [0.1, 0.15) is 35.3 Å². The van der Waals surface area contributed by atoms with Crippen LogP contribution in [0.15, 0.2) is 36.4 Å². The number of carbonyl (C=O) groups is 1. The highest BCUT2D eigenvalue weighted by Crippen LogP contribution is 2.30. The highest BCUT2D eigenvalue weighted by atomic mass is 79.9. The van der Waals surface area contributed by atoms with Crippen molar-refractivity contribution in [2.24, 2.45) is 0 Å². The monoisotopic (exact) mass is 434 g/mol. The Kier molecular flexibility index (Phi) is 6.78. The van der Waals surface area contributed by atoms with Gasteiger partial charge in [-0.15, -0.1) is 17.0 Å². The number of nitrogens with one attached hydrogen (secondary N) is 1. The van der Waals surface area contributed by atoms with E-state index < -0.39 is 0 Å². The van der Waals surface area contributed by atoms with Gasteiger partial charge in [-0.05, 0) is 69.2 Å². The van der Waals surface area contributed by atoms with E-state index in [0.717, 1.165) is 21.1 Å². The number of hydrogen-bond donors (Lipinski definition) is 1. The molecular formula is C20H23BrN2O2S. The molecule has 1 unspecified atom stereocenters. The Morgan fingerprint density at radius 2 is 1.88 bits per heavy atom. The van der Waals surface area contributed by atoms with Gasteiger partial charge in [-0.25, -0.2) is 4.98 Å². The zero-order valence-corrected chi connectivity index (χ0v) is 17.9. The summed E-state index contributed by atoms with van der Waals surface area (Å²) in [5.41, 5.74) is 4.08. The standard InChI is InChI=1S/C20H22N2O2S.BrH/c1-5-24-16-9-7-15(8-10-16)19(23)14(4)21-20-22-18-13(3)12(2)6-11-17(18)25-20;/h6-11,14H,5H2,1-4H3,(H,21,22);1H. The molecule has 2 aromatic carbocycles. The van der Waals surface area contributed by atoms with E-state index in [1.165, 1.54) is 11.1 Å². The average molecular weight is 435 g/mol. The molecule has 4 nitrogen and oxygen atoms in total. The van der Waals surface area contributed by atoms with Crippen LogP contribution in [0.2, 0.25) is 0 Å². The molecule has 0 aliphatic rings. The van der Waals surface area contributed by atoms with E-state index in [4.69, 9.17) is 4.74 Å². The second-order valence-electron chi connectivity index (χ2n) is 6.06. The lowest BCUT2D eigenvalue weighted by Crippen LogP contribution is -2.26. The summed E-state index contributed by atoms with van der Waals surface area (Å²) >= 11 is 1.58. The Bertz CT molecular complexity index is 906. The van der Waals surface area contributed by atoms with Gasteiger partial charge in [0.05, 0.1) is 22.9 Å². The van der Waals surface area contributed by atoms with Gasteiger partial charge in [-0.3, -0.25) is 4.79 Å². The lowest BCUT2D eigenvalue weighted by molar-refractivity contribution is 0.0975. The van der Waals surface area contributed by atoms with Crippen LogP contribution in [0.3, 0.4) is 0 Å². The van der Waals surface area contributed by atoms with Crippen LogP contribution < -0.4 is 10.1 Å². The first-order valence-corrected chi connectivity index (χ1v) is 9.21. The molecule has 3 aromatic rings. The molecule has 3 rings (SSSR count). The van der Waals surface area contributed by atoms with Crippen LogP contribution in [0, 0.1) is 13.8 Å². The van der Waals surface area contributed by atoms with Gasteiger partial charge in [0.15, 0.2) is 10.9 Å². The van der Waals surface area contributed by atoms with Crippen molar-refractivity contribution in [3.05, 3.63) is 53.1 Å². The summed E-state index contributed by atoms with van der Waals surface area (Å²) in [5, 5.41) is 4.02. The van der Waals surface area contributed by atoms with Crippen molar-refractivity contribution in [1.82, 2.24) is 4.98 Å². The fraction of sp³-hybridized carbons (Fsp3) is 0.300. The van der Waals surface area contributed by atoms with Gasteiger partial charge < -0.3 is 10.1 Å². The summed E-state index contributed by atoms with van der Waals surface area (Å²) in [7, 11) is 0. The minimum atomic E-state index is -0.347. The lowest BCUT2D eigenvalue weighted by atomic mass is 10.1. The maximum Gasteiger partial charge on any atom is 0.184 e. The number of thiazole rings is 1. The number of hydrogen-bond acceptors (Lipinski definition) is 5. The van der Waals surface area contributed by atoms with Crippen LogP contribution in [0.5, 0.6) is 5.75 Å². The first-order chi connectivity index (χ1) is 12.0. The summed E-state index contributed by atoms with van der Waals surface area (Å²) in [6.45, 7) is 8.58. The normalized spacial score (nSPS) is 11.7. The number of halogens is 1. The molecule has 0 aliphatic carbocycles. The molecule has 6 heteroatoms. The van der Waals surface area contributed by atoms with Crippen molar-refractivity contribution in [3.63, 3.8) is 0 Å². The number of aryl methyl sites for hydroxylation is 2. The maximum absolute atomic E-state index is 12.6. The van der Waals surface area contributed by atoms with Gasteiger partial charge in [0, 0.05) is 5.56 Å². The summed E-state index contributed by atoms with van der Waals surface area (Å²) in [5.74, 6) is 0.812. The molecule has 0 bridgehead atoms. The van der Waals surface area contributed by atoms with Crippen LogP contribution in [-0.4, -0.2) is 23.4 Å². The molecular weight excluding hydrogens is 412 g/mol. The van der Waals surface area contributed by atoms with Crippen molar-refractivity contribution in [2.45, 2.75) is 33.7 Å². The molecule has 138 valence electrons. The minimum Gasteiger partial charge on any atom is -0.494 e. The molecule has 0 aliphatic heterocycles. The Balaban J connectivity index is 0.00000243. The van der Waals surface area contributed by atoms with E-state index in [-0.39, 0.29) is 28.8 Å². The van der Waals surface area contributed by atoms with Crippen molar-refractivity contribution in [2.75, 3.05) is 11.9 Å². The van der Waals surface area contributed by atoms with Crippen molar-refractivity contribution in [3.8, 4) is 5.75 Å². The number of nitrogens with zero attached hydrogens (tertiary/aromatic N) is 1. The summed E-state index contributed by atoms with van der Waals surface area (Å²) < 4.78 is 6.55. The number of aromatic nitrogens is 1. The molecule has 26 heavy (non-hydrogen) atoms. The molecule has 1 atom stereocenters. The molecule has 1 heterocycles. The Morgan fingerprint density at radius 3 is 2.54 bits per heavy atom. The van der Waals surface area contributed by atoms with Gasteiger partial charge in [0.2, 0.25) is 0 Å². The van der Waals surface area contributed by atoms with Gasteiger partial charge >= 0.3 is 0 Å². The lowest BCUT2D eigenvalue weighted by Gasteiger charge is -2.12. The van der Waals surface area contributed by atoms with E-state index in [1.807, 2.05) is 26.0 Å². The SMILES string of the molecule is Br.CCOc1ccc(C(=O)C(C)Nc2nc3c(C)c(C)ccc3s2)cc1. The largest absolute Gasteiger partial charge is 0.494 e. The third-order valence-electron chi connectivity index (χ3n) is 4.27.